The van der Waals surface area contributed by atoms with Crippen LogP contribution >= 0.6 is 11.6 Å². The second kappa shape index (κ2) is 10.7. The number of carbonyl (C=O) groups is 2. The van der Waals surface area contributed by atoms with Crippen molar-refractivity contribution in [1.29, 1.82) is 5.26 Å². The van der Waals surface area contributed by atoms with Crippen LogP contribution in [0.2, 0.25) is 5.02 Å². The molecular formula is C25H22ClF2N5O3. The number of nitrogens with one attached hydrogen (secondary N) is 2. The molecule has 0 aliphatic rings. The molecule has 0 saturated carbocycles. The maximum absolute atomic E-state index is 13.5. The number of anilines is 1. The van der Waals surface area contributed by atoms with Gasteiger partial charge in [-0.05, 0) is 43.7 Å². The summed E-state index contributed by atoms with van der Waals surface area (Å²) >= 11 is 6.31. The van der Waals surface area contributed by atoms with Crippen molar-refractivity contribution < 1.29 is 22.8 Å². The molecule has 0 radical (unpaired) electrons. The zero-order valence-corrected chi connectivity index (χ0v) is 20.6. The summed E-state index contributed by atoms with van der Waals surface area (Å²) in [6, 6.07) is 11.4. The summed E-state index contributed by atoms with van der Waals surface area (Å²) in [4.78, 5) is 33.8. The van der Waals surface area contributed by atoms with Gasteiger partial charge in [-0.1, -0.05) is 23.7 Å². The molecule has 2 N–H and O–H groups in total. The van der Waals surface area contributed by atoms with Gasteiger partial charge in [0.1, 0.15) is 6.54 Å². The molecule has 3 aromatic rings. The molecule has 1 aromatic heterocycles. The first-order valence-electron chi connectivity index (χ1n) is 10.7. The number of aromatic nitrogens is 1. The van der Waals surface area contributed by atoms with Crippen LogP contribution in [0.1, 0.15) is 51.7 Å². The number of carbonyl (C=O) groups excluding carboxylic acids is 2. The van der Waals surface area contributed by atoms with Crippen molar-refractivity contribution >= 4 is 34.8 Å². The van der Waals surface area contributed by atoms with E-state index in [1.807, 2.05) is 6.07 Å². The fourth-order valence-electron chi connectivity index (χ4n) is 3.24. The van der Waals surface area contributed by atoms with Crippen molar-refractivity contribution in [2.45, 2.75) is 33.2 Å². The number of halogens is 3. The Bertz CT molecular complexity index is 1400. The fourth-order valence-corrected chi connectivity index (χ4v) is 3.46. The van der Waals surface area contributed by atoms with Crippen molar-refractivity contribution in [3.05, 3.63) is 69.7 Å². The highest BCUT2D eigenvalue weighted by Crippen LogP contribution is 2.33. The zero-order valence-electron chi connectivity index (χ0n) is 19.9. The summed E-state index contributed by atoms with van der Waals surface area (Å²) in [5.74, 6) is -4.44. The third-order valence-corrected chi connectivity index (χ3v) is 5.60. The lowest BCUT2D eigenvalue weighted by molar-refractivity contribution is 0.0962. The number of nitriles is 1. The van der Waals surface area contributed by atoms with E-state index < -0.39 is 23.4 Å². The van der Waals surface area contributed by atoms with Crippen molar-refractivity contribution in [1.82, 2.24) is 10.3 Å². The van der Waals surface area contributed by atoms with E-state index in [-0.39, 0.29) is 45.7 Å². The molecule has 186 valence electrons. The van der Waals surface area contributed by atoms with Gasteiger partial charge < -0.3 is 15.1 Å². The number of oxazole rings is 1. The van der Waals surface area contributed by atoms with Crippen LogP contribution in [-0.4, -0.2) is 35.5 Å². The first-order valence-corrected chi connectivity index (χ1v) is 11.1. The van der Waals surface area contributed by atoms with Crippen molar-refractivity contribution in [3.63, 3.8) is 0 Å². The molecule has 1 heterocycles. The molecule has 0 unspecified atom stereocenters. The van der Waals surface area contributed by atoms with Gasteiger partial charge in [-0.3, -0.25) is 14.6 Å². The Morgan fingerprint density at radius 1 is 1.25 bits per heavy atom. The molecule has 0 aliphatic carbocycles. The van der Waals surface area contributed by atoms with Crippen LogP contribution in [0.15, 0.2) is 45.8 Å². The number of nitrogens with zero attached hydrogens (tertiary/aromatic N) is 3. The van der Waals surface area contributed by atoms with E-state index in [0.29, 0.717) is 11.1 Å². The number of aryl methyl sites for hydroxylation is 1. The molecule has 2 amide bonds. The van der Waals surface area contributed by atoms with Gasteiger partial charge in [0.15, 0.2) is 11.5 Å². The van der Waals surface area contributed by atoms with Crippen LogP contribution in [0.3, 0.4) is 0 Å². The number of benzene rings is 2. The van der Waals surface area contributed by atoms with E-state index in [1.165, 1.54) is 26.1 Å². The van der Waals surface area contributed by atoms with Crippen molar-refractivity contribution in [2.24, 2.45) is 4.99 Å². The Morgan fingerprint density at radius 2 is 1.94 bits per heavy atom. The Hall–Kier alpha value is -4.10. The topological polar surface area (TPSA) is 120 Å². The largest absolute Gasteiger partial charge is 0.438 e. The fraction of sp³-hybridized carbons (Fsp3) is 0.240. The van der Waals surface area contributed by atoms with Gasteiger partial charge in [-0.25, -0.2) is 13.8 Å². The highest BCUT2D eigenvalue weighted by Gasteiger charge is 2.27. The molecule has 11 heteroatoms. The van der Waals surface area contributed by atoms with Gasteiger partial charge in [-0.2, -0.15) is 5.26 Å². The van der Waals surface area contributed by atoms with Gasteiger partial charge in [0.05, 0.1) is 33.6 Å². The second-order valence-electron chi connectivity index (χ2n) is 7.92. The third-order valence-electron chi connectivity index (χ3n) is 5.27. The van der Waals surface area contributed by atoms with Crippen LogP contribution in [0, 0.1) is 18.3 Å². The van der Waals surface area contributed by atoms with Gasteiger partial charge in [-0.15, -0.1) is 0 Å². The number of alkyl halides is 2. The molecular weight excluding hydrogens is 492 g/mol. The molecule has 0 bridgehead atoms. The van der Waals surface area contributed by atoms with Crippen LogP contribution in [0.5, 0.6) is 0 Å². The number of rotatable bonds is 7. The molecule has 0 fully saturated rings. The highest BCUT2D eigenvalue weighted by molar-refractivity contribution is 6.33. The number of amides is 2. The number of hydrogen-bond acceptors (Lipinski definition) is 6. The van der Waals surface area contributed by atoms with Crippen LogP contribution in [-0.2, 0) is 6.54 Å². The average Bonchev–Trinajstić information content (AvgIpc) is 3.26. The summed E-state index contributed by atoms with van der Waals surface area (Å²) in [7, 11) is 1.42. The van der Waals surface area contributed by atoms with E-state index in [0.717, 1.165) is 6.92 Å². The lowest BCUT2D eigenvalue weighted by Crippen LogP contribution is -2.23. The third kappa shape index (κ3) is 5.75. The van der Waals surface area contributed by atoms with E-state index >= 15 is 0 Å². The summed E-state index contributed by atoms with van der Waals surface area (Å²) in [5.41, 5.74) is 0.714. The smallest absolute Gasteiger partial charge is 0.282 e. The van der Waals surface area contributed by atoms with Crippen molar-refractivity contribution in [2.75, 3.05) is 12.4 Å². The summed E-state index contributed by atoms with van der Waals surface area (Å²) in [5, 5.41) is 14.7. The predicted octanol–water partition coefficient (Wildman–Crippen LogP) is 5.40. The van der Waals surface area contributed by atoms with Crippen molar-refractivity contribution in [3.8, 4) is 17.4 Å². The zero-order chi connectivity index (χ0) is 26.6. The molecule has 0 saturated heterocycles. The van der Waals surface area contributed by atoms with Crippen LogP contribution in [0.25, 0.3) is 11.3 Å². The van der Waals surface area contributed by atoms with Crippen LogP contribution < -0.4 is 10.6 Å². The minimum Gasteiger partial charge on any atom is -0.438 e. The normalized spacial score (nSPS) is 11.7. The molecule has 3 rings (SSSR count). The van der Waals surface area contributed by atoms with Gasteiger partial charge >= 0.3 is 0 Å². The summed E-state index contributed by atoms with van der Waals surface area (Å²) in [6.45, 7) is 3.20. The Kier molecular flexibility index (Phi) is 7.85. The van der Waals surface area contributed by atoms with Gasteiger partial charge in [0.2, 0.25) is 5.89 Å². The van der Waals surface area contributed by atoms with E-state index in [1.54, 1.807) is 31.2 Å². The van der Waals surface area contributed by atoms with E-state index in [4.69, 9.17) is 16.0 Å². The monoisotopic (exact) mass is 513 g/mol. The van der Waals surface area contributed by atoms with Gasteiger partial charge in [0, 0.05) is 19.5 Å². The SMILES string of the molecule is CNC(=O)c1cc(C#N)cc(C)c1NC(=O)c1nc(CN=C(C)C(C)(F)F)oc1-c1ccccc1Cl. The van der Waals surface area contributed by atoms with Crippen LogP contribution in [0.4, 0.5) is 14.5 Å². The maximum atomic E-state index is 13.5. The quantitative estimate of drug-likeness (QED) is 0.410. The highest BCUT2D eigenvalue weighted by atomic mass is 35.5. The maximum Gasteiger partial charge on any atom is 0.282 e. The first kappa shape index (κ1) is 26.5. The lowest BCUT2D eigenvalue weighted by Gasteiger charge is -2.13. The molecule has 0 spiro atoms. The lowest BCUT2D eigenvalue weighted by atomic mass is 10.0. The number of aliphatic imine (C=N–C) groups is 1. The summed E-state index contributed by atoms with van der Waals surface area (Å²) in [6.07, 6.45) is 0. The minimum atomic E-state index is -3.12. The van der Waals surface area contributed by atoms with Gasteiger partial charge in [0.25, 0.3) is 17.7 Å². The molecule has 2 aromatic carbocycles. The van der Waals surface area contributed by atoms with E-state index in [2.05, 4.69) is 20.6 Å². The Balaban J connectivity index is 2.08. The summed E-state index contributed by atoms with van der Waals surface area (Å²) < 4.78 is 32.7. The van der Waals surface area contributed by atoms with E-state index in [9.17, 15) is 23.6 Å². The molecule has 36 heavy (non-hydrogen) atoms. The average molecular weight is 514 g/mol. The standard InChI is InChI=1S/C25H22ClF2N5O3/c1-13-9-15(11-29)10-17(23(34)30-4)20(13)33-24(35)21-22(16-7-5-6-8-18(16)26)36-19(32-21)12-31-14(2)25(3,27)28/h5-10H,12H2,1-4H3,(H,30,34)(H,33,35). The minimum absolute atomic E-state index is 0.0111. The Morgan fingerprint density at radius 3 is 2.56 bits per heavy atom. The predicted molar refractivity (Wildman–Crippen MR) is 132 cm³/mol. The molecule has 0 aliphatic heterocycles. The molecule has 8 nitrogen and oxygen atoms in total. The number of hydrogen-bond donors (Lipinski definition) is 2. The Labute approximate surface area is 211 Å². The second-order valence-corrected chi connectivity index (χ2v) is 8.32. The molecule has 0 atom stereocenters. The first-order chi connectivity index (χ1) is 17.0.